The van der Waals surface area contributed by atoms with E-state index in [1.807, 2.05) is 32.0 Å². The highest BCUT2D eigenvalue weighted by Gasteiger charge is 2.05. The smallest absolute Gasteiger partial charge is 0.129 e. The molecule has 1 nitrogen and oxygen atoms in total. The molecule has 0 bridgehead atoms. The fourth-order valence-corrected chi connectivity index (χ4v) is 1.87. The van der Waals surface area contributed by atoms with Crippen molar-refractivity contribution < 1.29 is 9.13 Å². The molecule has 2 aromatic rings. The second kappa shape index (κ2) is 5.40. The van der Waals surface area contributed by atoms with Crippen LogP contribution in [0.5, 0.6) is 5.75 Å². The standard InChI is InChI=1S/C15H14ClFO/c1-10-3-4-11(2)15(7-10)18-9-12-8-13(16)5-6-14(12)17/h3-8H,9H2,1-2H3. The highest BCUT2D eigenvalue weighted by Crippen LogP contribution is 2.22. The zero-order valence-corrected chi connectivity index (χ0v) is 11.1. The van der Waals surface area contributed by atoms with E-state index in [0.29, 0.717) is 10.6 Å². The van der Waals surface area contributed by atoms with Crippen molar-refractivity contribution in [2.45, 2.75) is 20.5 Å². The van der Waals surface area contributed by atoms with Crippen molar-refractivity contribution in [3.63, 3.8) is 0 Å². The van der Waals surface area contributed by atoms with Gasteiger partial charge < -0.3 is 4.74 Å². The average Bonchev–Trinajstić information content (AvgIpc) is 2.34. The van der Waals surface area contributed by atoms with E-state index >= 15 is 0 Å². The molecule has 2 rings (SSSR count). The molecule has 2 aromatic carbocycles. The largest absolute Gasteiger partial charge is 0.489 e. The van der Waals surface area contributed by atoms with Gasteiger partial charge in [0.05, 0.1) is 0 Å². The van der Waals surface area contributed by atoms with Gasteiger partial charge >= 0.3 is 0 Å². The lowest BCUT2D eigenvalue weighted by Crippen LogP contribution is -2.00. The molecule has 0 unspecified atom stereocenters. The molecule has 18 heavy (non-hydrogen) atoms. The molecule has 0 amide bonds. The van der Waals surface area contributed by atoms with E-state index in [1.165, 1.54) is 12.1 Å². The number of halogens is 2. The zero-order valence-electron chi connectivity index (χ0n) is 10.3. The van der Waals surface area contributed by atoms with Crippen LogP contribution in [0.1, 0.15) is 16.7 Å². The number of hydrogen-bond donors (Lipinski definition) is 0. The van der Waals surface area contributed by atoms with Crippen LogP contribution in [-0.2, 0) is 6.61 Å². The van der Waals surface area contributed by atoms with E-state index in [0.717, 1.165) is 16.9 Å². The highest BCUT2D eigenvalue weighted by molar-refractivity contribution is 6.30. The molecule has 0 aliphatic rings. The number of hydrogen-bond acceptors (Lipinski definition) is 1. The summed E-state index contributed by atoms with van der Waals surface area (Å²) in [5.41, 5.74) is 2.61. The van der Waals surface area contributed by atoms with Crippen molar-refractivity contribution >= 4 is 11.6 Å². The molecule has 0 saturated carbocycles. The Morgan fingerprint density at radius 1 is 1.11 bits per heavy atom. The van der Waals surface area contributed by atoms with Crippen molar-refractivity contribution in [3.8, 4) is 5.75 Å². The van der Waals surface area contributed by atoms with Crippen molar-refractivity contribution in [1.29, 1.82) is 0 Å². The van der Waals surface area contributed by atoms with Crippen molar-refractivity contribution in [1.82, 2.24) is 0 Å². The van der Waals surface area contributed by atoms with Crippen molar-refractivity contribution in [2.75, 3.05) is 0 Å². The summed E-state index contributed by atoms with van der Waals surface area (Å²) < 4.78 is 19.2. The average molecular weight is 265 g/mol. The normalized spacial score (nSPS) is 10.4. The molecule has 0 spiro atoms. The second-order valence-electron chi connectivity index (χ2n) is 4.29. The molecule has 0 atom stereocenters. The van der Waals surface area contributed by atoms with Gasteiger partial charge in [-0.05, 0) is 49.2 Å². The monoisotopic (exact) mass is 264 g/mol. The Bertz CT molecular complexity index is 515. The minimum Gasteiger partial charge on any atom is -0.489 e. The Labute approximate surface area is 111 Å². The molecule has 0 aliphatic carbocycles. The van der Waals surface area contributed by atoms with Crippen LogP contribution >= 0.6 is 11.6 Å². The maximum absolute atomic E-state index is 13.5. The summed E-state index contributed by atoms with van der Waals surface area (Å²) in [6, 6.07) is 10.4. The van der Waals surface area contributed by atoms with Gasteiger partial charge in [-0.3, -0.25) is 0 Å². The topological polar surface area (TPSA) is 9.23 Å². The van der Waals surface area contributed by atoms with E-state index in [9.17, 15) is 4.39 Å². The Morgan fingerprint density at radius 2 is 1.89 bits per heavy atom. The fourth-order valence-electron chi connectivity index (χ4n) is 1.67. The van der Waals surface area contributed by atoms with Crippen molar-refractivity contribution in [3.05, 3.63) is 63.9 Å². The van der Waals surface area contributed by atoms with Gasteiger partial charge in [0.1, 0.15) is 18.2 Å². The predicted octanol–water partition coefficient (Wildman–Crippen LogP) is 4.67. The third kappa shape index (κ3) is 3.02. The highest BCUT2D eigenvalue weighted by atomic mass is 35.5. The van der Waals surface area contributed by atoms with Crippen LogP contribution in [0, 0.1) is 19.7 Å². The Balaban J connectivity index is 2.16. The van der Waals surface area contributed by atoms with Gasteiger partial charge in [-0.25, -0.2) is 4.39 Å². The lowest BCUT2D eigenvalue weighted by atomic mass is 10.1. The quantitative estimate of drug-likeness (QED) is 0.782. The van der Waals surface area contributed by atoms with Crippen molar-refractivity contribution in [2.24, 2.45) is 0 Å². The summed E-state index contributed by atoms with van der Waals surface area (Å²) in [6.45, 7) is 4.13. The van der Waals surface area contributed by atoms with Crippen LogP contribution in [0.2, 0.25) is 5.02 Å². The van der Waals surface area contributed by atoms with Crippen LogP contribution in [0.3, 0.4) is 0 Å². The van der Waals surface area contributed by atoms with Crippen LogP contribution in [0.25, 0.3) is 0 Å². The molecule has 0 aliphatic heterocycles. The number of aryl methyl sites for hydroxylation is 2. The fraction of sp³-hybridized carbons (Fsp3) is 0.200. The predicted molar refractivity (Wildman–Crippen MR) is 71.7 cm³/mol. The lowest BCUT2D eigenvalue weighted by Gasteiger charge is -2.10. The summed E-state index contributed by atoms with van der Waals surface area (Å²) in [7, 11) is 0. The Hall–Kier alpha value is -1.54. The van der Waals surface area contributed by atoms with Crippen LogP contribution in [0.15, 0.2) is 36.4 Å². The summed E-state index contributed by atoms with van der Waals surface area (Å²) in [4.78, 5) is 0. The summed E-state index contributed by atoms with van der Waals surface area (Å²) >= 11 is 5.83. The summed E-state index contributed by atoms with van der Waals surface area (Å²) in [6.07, 6.45) is 0. The van der Waals surface area contributed by atoms with Gasteiger partial charge in [0.2, 0.25) is 0 Å². The van der Waals surface area contributed by atoms with E-state index in [2.05, 4.69) is 0 Å². The first kappa shape index (κ1) is 12.9. The first-order valence-electron chi connectivity index (χ1n) is 5.70. The molecule has 0 saturated heterocycles. The van der Waals surface area contributed by atoms with Gasteiger partial charge in [-0.15, -0.1) is 0 Å². The molecule has 0 fully saturated rings. The van der Waals surface area contributed by atoms with Crippen LogP contribution in [0.4, 0.5) is 4.39 Å². The van der Waals surface area contributed by atoms with Gasteiger partial charge in [-0.1, -0.05) is 23.7 Å². The Kier molecular flexibility index (Phi) is 3.87. The first-order valence-corrected chi connectivity index (χ1v) is 6.08. The maximum atomic E-state index is 13.5. The molecular formula is C15H14ClFO. The summed E-state index contributed by atoms with van der Waals surface area (Å²) in [5, 5.41) is 0.510. The first-order chi connectivity index (χ1) is 8.56. The molecule has 0 radical (unpaired) electrons. The number of ether oxygens (including phenoxy) is 1. The lowest BCUT2D eigenvalue weighted by molar-refractivity contribution is 0.297. The third-order valence-electron chi connectivity index (χ3n) is 2.73. The molecular weight excluding hydrogens is 251 g/mol. The SMILES string of the molecule is Cc1ccc(C)c(OCc2cc(Cl)ccc2F)c1. The van der Waals surface area contributed by atoms with Crippen LogP contribution < -0.4 is 4.74 Å². The van der Waals surface area contributed by atoms with E-state index in [-0.39, 0.29) is 12.4 Å². The molecule has 3 heteroatoms. The van der Waals surface area contributed by atoms with Gasteiger partial charge in [0, 0.05) is 10.6 Å². The van der Waals surface area contributed by atoms with E-state index in [1.54, 1.807) is 6.07 Å². The third-order valence-corrected chi connectivity index (χ3v) is 2.97. The minimum absolute atomic E-state index is 0.177. The van der Waals surface area contributed by atoms with Crippen LogP contribution in [-0.4, -0.2) is 0 Å². The molecule has 0 N–H and O–H groups in total. The molecule has 0 heterocycles. The van der Waals surface area contributed by atoms with Gasteiger partial charge in [0.15, 0.2) is 0 Å². The van der Waals surface area contributed by atoms with E-state index < -0.39 is 0 Å². The number of benzene rings is 2. The molecule has 94 valence electrons. The number of rotatable bonds is 3. The minimum atomic E-state index is -0.301. The molecule has 0 aromatic heterocycles. The summed E-state index contributed by atoms with van der Waals surface area (Å²) in [5.74, 6) is 0.471. The van der Waals surface area contributed by atoms with Gasteiger partial charge in [-0.2, -0.15) is 0 Å². The maximum Gasteiger partial charge on any atom is 0.129 e. The second-order valence-corrected chi connectivity index (χ2v) is 4.73. The van der Waals surface area contributed by atoms with Gasteiger partial charge in [0.25, 0.3) is 0 Å². The zero-order chi connectivity index (χ0) is 13.1. The Morgan fingerprint density at radius 3 is 2.67 bits per heavy atom. The van der Waals surface area contributed by atoms with E-state index in [4.69, 9.17) is 16.3 Å².